The maximum absolute atomic E-state index is 12.7. The van der Waals surface area contributed by atoms with Gasteiger partial charge >= 0.3 is 24.5 Å². The lowest BCUT2D eigenvalue weighted by Gasteiger charge is -2.29. The minimum Gasteiger partial charge on any atom is -0.443 e. The first-order valence-corrected chi connectivity index (χ1v) is 16.8. The Kier molecular flexibility index (Phi) is 15.4. The molecule has 0 bridgehead atoms. The summed E-state index contributed by atoms with van der Waals surface area (Å²) < 4.78 is 87.4. The van der Waals surface area contributed by atoms with Gasteiger partial charge in [0.2, 0.25) is 11.6 Å². The number of carbonyl (C=O) groups is 2. The van der Waals surface area contributed by atoms with E-state index in [9.17, 15) is 35.9 Å². The van der Waals surface area contributed by atoms with Crippen LogP contribution in [0.5, 0.6) is 0 Å². The summed E-state index contributed by atoms with van der Waals surface area (Å²) in [6.07, 6.45) is -6.55. The smallest absolute Gasteiger partial charge is 0.443 e. The molecular formula is C34H35Br2ClF6N6O4. The van der Waals surface area contributed by atoms with Crippen LogP contribution >= 0.6 is 44.3 Å². The van der Waals surface area contributed by atoms with Crippen molar-refractivity contribution in [2.24, 2.45) is 5.73 Å². The molecule has 288 valence electrons. The van der Waals surface area contributed by atoms with Gasteiger partial charge < -0.3 is 15.2 Å². The Labute approximate surface area is 324 Å². The fourth-order valence-electron chi connectivity index (χ4n) is 4.04. The number of ether oxygens (including phenoxy) is 2. The zero-order valence-corrected chi connectivity index (χ0v) is 33.1. The summed E-state index contributed by atoms with van der Waals surface area (Å²) in [5.41, 5.74) is 7.27. The van der Waals surface area contributed by atoms with Crippen LogP contribution in [0.25, 0.3) is 22.3 Å². The van der Waals surface area contributed by atoms with E-state index in [1.165, 1.54) is 0 Å². The third kappa shape index (κ3) is 13.8. The zero-order valence-electron chi connectivity index (χ0n) is 29.1. The van der Waals surface area contributed by atoms with E-state index in [1.54, 1.807) is 77.9 Å². The van der Waals surface area contributed by atoms with Crippen molar-refractivity contribution in [2.45, 2.75) is 78.2 Å². The van der Waals surface area contributed by atoms with Gasteiger partial charge in [-0.1, -0.05) is 44.0 Å². The van der Waals surface area contributed by atoms with Crippen LogP contribution in [0, 0.1) is 0 Å². The Hall–Kier alpha value is -3.87. The third-order valence-electron chi connectivity index (χ3n) is 6.35. The molecule has 2 aromatic carbocycles. The minimum absolute atomic E-state index is 0. The Bertz CT molecular complexity index is 1840. The van der Waals surface area contributed by atoms with Gasteiger partial charge in [-0.05, 0) is 88.1 Å². The van der Waals surface area contributed by atoms with E-state index in [2.05, 4.69) is 51.8 Å². The Morgan fingerprint density at radius 2 is 0.981 bits per heavy atom. The first kappa shape index (κ1) is 45.3. The molecule has 0 saturated heterocycles. The number of benzene rings is 2. The van der Waals surface area contributed by atoms with Crippen LogP contribution in [0.4, 0.5) is 35.9 Å². The second-order valence-electron chi connectivity index (χ2n) is 12.9. The molecule has 0 atom stereocenters. The molecule has 10 nitrogen and oxygen atoms in total. The SMILES string of the molecule is CC(C)(C)OC(=O)N(Cc1cc(-c2cnc(C(F)(F)F)nc2)ccc1Br)C(=O)OC(C)(C)C.Cl.NCc1cc(-c2cnc(C(F)(F)F)nc2)ccc1Br. The molecular weight excluding hydrogens is 866 g/mol. The first-order valence-electron chi connectivity index (χ1n) is 15.2. The molecule has 2 N–H and O–H groups in total. The van der Waals surface area contributed by atoms with Crippen LogP contribution in [0.3, 0.4) is 0 Å². The number of nitrogens with zero attached hydrogens (tertiary/aromatic N) is 5. The number of rotatable bonds is 5. The number of imide groups is 1. The van der Waals surface area contributed by atoms with Crippen LogP contribution in [-0.2, 0) is 34.9 Å². The molecule has 2 heterocycles. The monoisotopic (exact) mass is 898 g/mol. The molecule has 0 aliphatic rings. The highest BCUT2D eigenvalue weighted by Crippen LogP contribution is 2.31. The number of nitrogens with two attached hydrogens (primary N) is 1. The molecule has 0 unspecified atom stereocenters. The van der Waals surface area contributed by atoms with Crippen molar-refractivity contribution in [3.63, 3.8) is 0 Å². The molecule has 0 radical (unpaired) electrons. The van der Waals surface area contributed by atoms with E-state index in [-0.39, 0.29) is 19.0 Å². The zero-order chi connectivity index (χ0) is 39.2. The van der Waals surface area contributed by atoms with Crippen molar-refractivity contribution in [1.82, 2.24) is 24.8 Å². The van der Waals surface area contributed by atoms with Gasteiger partial charge in [-0.3, -0.25) is 0 Å². The van der Waals surface area contributed by atoms with Gasteiger partial charge in [0, 0.05) is 51.4 Å². The number of carbonyl (C=O) groups excluding carboxylic acids is 2. The summed E-state index contributed by atoms with van der Waals surface area (Å²) >= 11 is 6.72. The predicted molar refractivity (Wildman–Crippen MR) is 193 cm³/mol. The molecule has 4 aromatic rings. The van der Waals surface area contributed by atoms with Crippen LogP contribution in [-0.4, -0.2) is 48.2 Å². The summed E-state index contributed by atoms with van der Waals surface area (Å²) in [6.45, 7) is 10.1. The number of halogens is 9. The average Bonchev–Trinajstić information content (AvgIpc) is 3.02. The molecule has 0 fully saturated rings. The molecule has 0 aliphatic heterocycles. The highest BCUT2D eigenvalue weighted by molar-refractivity contribution is 9.10. The quantitative estimate of drug-likeness (QED) is 0.194. The Morgan fingerprint density at radius 1 is 0.642 bits per heavy atom. The lowest BCUT2D eigenvalue weighted by atomic mass is 10.1. The number of hydrogen-bond acceptors (Lipinski definition) is 9. The van der Waals surface area contributed by atoms with Gasteiger partial charge in [0.25, 0.3) is 0 Å². The van der Waals surface area contributed by atoms with E-state index in [0.717, 1.165) is 45.3 Å². The van der Waals surface area contributed by atoms with Crippen LogP contribution in [0.2, 0.25) is 0 Å². The highest BCUT2D eigenvalue weighted by Gasteiger charge is 2.35. The van der Waals surface area contributed by atoms with E-state index in [1.807, 2.05) is 0 Å². The number of alkyl halides is 6. The van der Waals surface area contributed by atoms with Crippen molar-refractivity contribution in [3.8, 4) is 22.3 Å². The van der Waals surface area contributed by atoms with Crippen LogP contribution in [0.15, 0.2) is 70.1 Å². The van der Waals surface area contributed by atoms with E-state index < -0.39 is 47.4 Å². The maximum atomic E-state index is 12.7. The van der Waals surface area contributed by atoms with Gasteiger partial charge in [0.15, 0.2) is 0 Å². The second-order valence-corrected chi connectivity index (χ2v) is 14.7. The summed E-state index contributed by atoms with van der Waals surface area (Å²) in [6, 6.07) is 10.2. The maximum Gasteiger partial charge on any atom is 0.451 e. The van der Waals surface area contributed by atoms with Crippen LogP contribution in [0.1, 0.15) is 64.3 Å². The molecule has 19 heteroatoms. The molecule has 0 spiro atoms. The standard InChI is InChI=1S/C22H25BrF3N3O4.C12H9BrF3N3.ClH/c1-20(2,3)32-18(30)29(19(31)33-21(4,5)6)12-14-9-13(7-8-16(14)23)15-10-27-17(28-11-15)22(24,25)26;13-10-2-1-7(3-8(10)4-17)9-5-18-11(19-6-9)12(14,15)16;/h7-11H,12H2,1-6H3;1-3,5-6H,4,17H2;1H. The van der Waals surface area contributed by atoms with Gasteiger partial charge in [0.1, 0.15) is 11.2 Å². The van der Waals surface area contributed by atoms with E-state index >= 15 is 0 Å². The van der Waals surface area contributed by atoms with Crippen molar-refractivity contribution in [3.05, 3.63) is 92.9 Å². The van der Waals surface area contributed by atoms with Crippen molar-refractivity contribution >= 4 is 56.5 Å². The van der Waals surface area contributed by atoms with Gasteiger partial charge in [-0.15, -0.1) is 12.4 Å². The van der Waals surface area contributed by atoms with Crippen molar-refractivity contribution in [2.75, 3.05) is 0 Å². The second kappa shape index (κ2) is 18.0. The number of hydrogen-bond donors (Lipinski definition) is 1. The largest absolute Gasteiger partial charge is 0.451 e. The van der Waals surface area contributed by atoms with Gasteiger partial charge in [-0.2, -0.15) is 26.3 Å². The Morgan fingerprint density at radius 3 is 1.30 bits per heavy atom. The predicted octanol–water partition coefficient (Wildman–Crippen LogP) is 10.4. The fourth-order valence-corrected chi connectivity index (χ4v) is 4.82. The molecule has 0 saturated carbocycles. The van der Waals surface area contributed by atoms with Crippen molar-refractivity contribution < 1.29 is 45.4 Å². The molecule has 4 rings (SSSR count). The summed E-state index contributed by atoms with van der Waals surface area (Å²) in [4.78, 5) is 39.7. The number of aromatic nitrogens is 4. The summed E-state index contributed by atoms with van der Waals surface area (Å²) in [7, 11) is 0. The summed E-state index contributed by atoms with van der Waals surface area (Å²) in [5.74, 6) is -2.39. The average molecular weight is 901 g/mol. The van der Waals surface area contributed by atoms with Crippen molar-refractivity contribution in [1.29, 1.82) is 0 Å². The molecule has 2 amide bonds. The van der Waals surface area contributed by atoms with E-state index in [4.69, 9.17) is 15.2 Å². The number of amides is 2. The minimum atomic E-state index is -4.65. The highest BCUT2D eigenvalue weighted by atomic mass is 79.9. The topological polar surface area (TPSA) is 133 Å². The molecule has 53 heavy (non-hydrogen) atoms. The lowest BCUT2D eigenvalue weighted by Crippen LogP contribution is -2.43. The van der Waals surface area contributed by atoms with Gasteiger partial charge in [0.05, 0.1) is 6.54 Å². The first-order chi connectivity index (χ1) is 23.9. The Balaban J connectivity index is 0.000000412. The fraction of sp³-hybridized carbons (Fsp3) is 0.353. The molecule has 0 aliphatic carbocycles. The normalized spacial score (nSPS) is 11.8. The van der Waals surface area contributed by atoms with Crippen LogP contribution < -0.4 is 5.73 Å². The lowest BCUT2D eigenvalue weighted by molar-refractivity contribution is -0.145. The third-order valence-corrected chi connectivity index (χ3v) is 7.89. The summed E-state index contributed by atoms with van der Waals surface area (Å²) in [5, 5.41) is 0. The van der Waals surface area contributed by atoms with Gasteiger partial charge in [-0.25, -0.2) is 34.4 Å². The molecule has 2 aromatic heterocycles. The van der Waals surface area contributed by atoms with E-state index in [0.29, 0.717) is 33.3 Å².